The van der Waals surface area contributed by atoms with E-state index >= 15 is 0 Å². The van der Waals surface area contributed by atoms with E-state index in [4.69, 9.17) is 10.5 Å². The van der Waals surface area contributed by atoms with Crippen LogP contribution in [-0.4, -0.2) is 23.6 Å². The summed E-state index contributed by atoms with van der Waals surface area (Å²) in [5, 5.41) is 0. The van der Waals surface area contributed by atoms with Crippen LogP contribution in [0.25, 0.3) is 11.3 Å². The molecule has 0 saturated heterocycles. The Morgan fingerprint density at radius 2 is 2.05 bits per heavy atom. The number of nitrogens with zero attached hydrogens (tertiary/aromatic N) is 2. The molecule has 1 aliphatic rings. The summed E-state index contributed by atoms with van der Waals surface area (Å²) in [6.45, 7) is 0.613. The molecule has 0 radical (unpaired) electrons. The molecule has 1 fully saturated rings. The van der Waals surface area contributed by atoms with Gasteiger partial charge in [-0.3, -0.25) is 0 Å². The number of hydrogen-bond acceptors (Lipinski definition) is 4. The van der Waals surface area contributed by atoms with Crippen LogP contribution < -0.4 is 10.5 Å². The van der Waals surface area contributed by atoms with E-state index in [1.54, 1.807) is 13.3 Å². The molecule has 4 nitrogen and oxygen atoms in total. The standard InChI is InChI=1S/C15H17N3O/c1-19-13-5-3-2-4-11(13)12-6-9-17-14(18-12)15(10-16)7-8-15/h2-6,9H,7-8,10,16H2,1H3. The minimum absolute atomic E-state index is 0.0119. The lowest BCUT2D eigenvalue weighted by molar-refractivity contribution is 0.416. The third kappa shape index (κ3) is 2.08. The molecular weight excluding hydrogens is 238 g/mol. The van der Waals surface area contributed by atoms with E-state index in [-0.39, 0.29) is 5.41 Å². The molecule has 0 amide bonds. The van der Waals surface area contributed by atoms with Crippen molar-refractivity contribution in [2.45, 2.75) is 18.3 Å². The Kier molecular flexibility index (Phi) is 2.95. The normalized spacial score (nSPS) is 16.1. The number of methoxy groups -OCH3 is 1. The van der Waals surface area contributed by atoms with Gasteiger partial charge in [0, 0.05) is 23.7 Å². The molecule has 1 heterocycles. The van der Waals surface area contributed by atoms with E-state index in [1.807, 2.05) is 30.3 Å². The summed E-state index contributed by atoms with van der Waals surface area (Å²) in [5.41, 5.74) is 7.73. The Balaban J connectivity index is 2.04. The molecule has 0 unspecified atom stereocenters. The first-order chi connectivity index (χ1) is 9.29. The highest BCUT2D eigenvalue weighted by molar-refractivity contribution is 5.66. The van der Waals surface area contributed by atoms with Gasteiger partial charge in [0.15, 0.2) is 0 Å². The first-order valence-corrected chi connectivity index (χ1v) is 6.46. The van der Waals surface area contributed by atoms with Crippen LogP contribution in [0.2, 0.25) is 0 Å². The molecule has 0 atom stereocenters. The summed E-state index contributed by atoms with van der Waals surface area (Å²) in [4.78, 5) is 9.08. The third-order valence-electron chi connectivity index (χ3n) is 3.76. The van der Waals surface area contributed by atoms with Crippen molar-refractivity contribution in [1.29, 1.82) is 0 Å². The molecule has 3 rings (SSSR count). The largest absolute Gasteiger partial charge is 0.496 e. The molecule has 0 bridgehead atoms. The van der Waals surface area contributed by atoms with Crippen LogP contribution in [-0.2, 0) is 5.41 Å². The second-order valence-corrected chi connectivity index (χ2v) is 4.95. The minimum Gasteiger partial charge on any atom is -0.496 e. The van der Waals surface area contributed by atoms with Gasteiger partial charge in [-0.25, -0.2) is 9.97 Å². The highest BCUT2D eigenvalue weighted by atomic mass is 16.5. The number of rotatable bonds is 4. The molecule has 2 N–H and O–H groups in total. The Morgan fingerprint density at radius 3 is 2.74 bits per heavy atom. The maximum Gasteiger partial charge on any atom is 0.136 e. The van der Waals surface area contributed by atoms with Gasteiger partial charge in [0.1, 0.15) is 11.6 Å². The zero-order valence-electron chi connectivity index (χ0n) is 11.0. The average molecular weight is 255 g/mol. The lowest BCUT2D eigenvalue weighted by Gasteiger charge is -2.13. The Bertz CT molecular complexity index is 593. The second kappa shape index (κ2) is 4.63. The summed E-state index contributed by atoms with van der Waals surface area (Å²) in [5.74, 6) is 1.68. The maximum absolute atomic E-state index is 5.84. The summed E-state index contributed by atoms with van der Waals surface area (Å²) in [6, 6.07) is 9.79. The van der Waals surface area contributed by atoms with Crippen molar-refractivity contribution in [3.8, 4) is 17.0 Å². The van der Waals surface area contributed by atoms with Crippen molar-refractivity contribution in [1.82, 2.24) is 9.97 Å². The van der Waals surface area contributed by atoms with Crippen LogP contribution in [0.1, 0.15) is 18.7 Å². The van der Waals surface area contributed by atoms with Crippen molar-refractivity contribution in [3.63, 3.8) is 0 Å². The molecule has 1 aromatic carbocycles. The monoisotopic (exact) mass is 255 g/mol. The number of ether oxygens (including phenoxy) is 1. The van der Waals surface area contributed by atoms with Gasteiger partial charge in [0.25, 0.3) is 0 Å². The fourth-order valence-electron chi connectivity index (χ4n) is 2.29. The van der Waals surface area contributed by atoms with Crippen molar-refractivity contribution in [2.24, 2.45) is 5.73 Å². The third-order valence-corrected chi connectivity index (χ3v) is 3.76. The fraction of sp³-hybridized carbons (Fsp3) is 0.333. The van der Waals surface area contributed by atoms with E-state index in [0.717, 1.165) is 35.7 Å². The van der Waals surface area contributed by atoms with Gasteiger partial charge in [0.05, 0.1) is 12.8 Å². The summed E-state index contributed by atoms with van der Waals surface area (Å²) >= 11 is 0. The molecule has 1 aromatic heterocycles. The molecule has 98 valence electrons. The van der Waals surface area contributed by atoms with Crippen molar-refractivity contribution < 1.29 is 4.74 Å². The van der Waals surface area contributed by atoms with Crippen molar-refractivity contribution in [3.05, 3.63) is 42.4 Å². The highest BCUT2D eigenvalue weighted by Crippen LogP contribution is 2.45. The van der Waals surface area contributed by atoms with Gasteiger partial charge >= 0.3 is 0 Å². The van der Waals surface area contributed by atoms with Gasteiger partial charge in [-0.2, -0.15) is 0 Å². The molecule has 1 aliphatic carbocycles. The minimum atomic E-state index is 0.0119. The van der Waals surface area contributed by atoms with E-state index in [1.165, 1.54) is 0 Å². The van der Waals surface area contributed by atoms with Crippen LogP contribution in [0.4, 0.5) is 0 Å². The Labute approximate surface area is 112 Å². The van der Waals surface area contributed by atoms with Gasteiger partial charge in [0.2, 0.25) is 0 Å². The lowest BCUT2D eigenvalue weighted by atomic mass is 10.1. The zero-order valence-corrected chi connectivity index (χ0v) is 11.0. The maximum atomic E-state index is 5.84. The van der Waals surface area contributed by atoms with E-state index < -0.39 is 0 Å². The van der Waals surface area contributed by atoms with Gasteiger partial charge in [-0.1, -0.05) is 12.1 Å². The second-order valence-electron chi connectivity index (χ2n) is 4.95. The van der Waals surface area contributed by atoms with E-state index in [0.29, 0.717) is 6.54 Å². The zero-order chi connectivity index (χ0) is 13.3. The molecule has 0 aliphatic heterocycles. The van der Waals surface area contributed by atoms with Crippen LogP contribution in [0, 0.1) is 0 Å². The molecular formula is C15H17N3O. The van der Waals surface area contributed by atoms with Crippen LogP contribution in [0.5, 0.6) is 5.75 Å². The van der Waals surface area contributed by atoms with Gasteiger partial charge in [-0.05, 0) is 31.0 Å². The topological polar surface area (TPSA) is 61.0 Å². The molecule has 0 spiro atoms. The highest BCUT2D eigenvalue weighted by Gasteiger charge is 2.45. The fourth-order valence-corrected chi connectivity index (χ4v) is 2.29. The SMILES string of the molecule is COc1ccccc1-c1ccnc(C2(CN)CC2)n1. The number of benzene rings is 1. The van der Waals surface area contributed by atoms with E-state index in [9.17, 15) is 0 Å². The lowest BCUT2D eigenvalue weighted by Crippen LogP contribution is -2.22. The summed E-state index contributed by atoms with van der Waals surface area (Å²) < 4.78 is 5.38. The first-order valence-electron chi connectivity index (χ1n) is 6.46. The van der Waals surface area contributed by atoms with E-state index in [2.05, 4.69) is 9.97 Å². The predicted octanol–water partition coefficient (Wildman–Crippen LogP) is 2.14. The number of nitrogens with two attached hydrogens (primary N) is 1. The first kappa shape index (κ1) is 12.1. The van der Waals surface area contributed by atoms with Crippen LogP contribution >= 0.6 is 0 Å². The smallest absolute Gasteiger partial charge is 0.136 e. The average Bonchev–Trinajstić information content (AvgIpc) is 3.28. The molecule has 1 saturated carbocycles. The summed E-state index contributed by atoms with van der Waals surface area (Å²) in [7, 11) is 1.67. The Hall–Kier alpha value is -1.94. The van der Waals surface area contributed by atoms with Crippen molar-refractivity contribution in [2.75, 3.05) is 13.7 Å². The van der Waals surface area contributed by atoms with Gasteiger partial charge < -0.3 is 10.5 Å². The summed E-state index contributed by atoms with van der Waals surface area (Å²) in [6.07, 6.45) is 3.97. The molecule has 19 heavy (non-hydrogen) atoms. The predicted molar refractivity (Wildman–Crippen MR) is 74.0 cm³/mol. The van der Waals surface area contributed by atoms with Crippen molar-refractivity contribution >= 4 is 0 Å². The molecule has 4 heteroatoms. The quantitative estimate of drug-likeness (QED) is 0.909. The number of para-hydroxylation sites is 1. The van der Waals surface area contributed by atoms with Crippen LogP contribution in [0.15, 0.2) is 36.5 Å². The Morgan fingerprint density at radius 1 is 1.26 bits per heavy atom. The van der Waals surface area contributed by atoms with Gasteiger partial charge in [-0.15, -0.1) is 0 Å². The number of hydrogen-bond donors (Lipinski definition) is 1. The van der Waals surface area contributed by atoms with Crippen LogP contribution in [0.3, 0.4) is 0 Å². The molecule has 2 aromatic rings. The number of aromatic nitrogens is 2.